The minimum Gasteiger partial charge on any atom is -0.491 e. The summed E-state index contributed by atoms with van der Waals surface area (Å²) < 4.78 is 33.1. The molecule has 1 aromatic heterocycles. The minimum atomic E-state index is -2.51. The molecule has 0 aliphatic rings. The Labute approximate surface area is 74.3 Å². The molecule has 1 heterocycles. The van der Waals surface area contributed by atoms with Gasteiger partial charge in [0.25, 0.3) is 12.3 Å². The molecule has 0 radical (unpaired) electrons. The average molecular weight is 189 g/mol. The molecule has 0 aliphatic heterocycles. The average Bonchev–Trinajstić information content (AvgIpc) is 2.15. The first kappa shape index (κ1) is 9.70. The molecule has 0 spiro atoms. The van der Waals surface area contributed by atoms with Gasteiger partial charge in [0.2, 0.25) is 0 Å². The minimum absolute atomic E-state index is 0.0882. The smallest absolute Gasteiger partial charge is 0.272 e. The van der Waals surface area contributed by atoms with Gasteiger partial charge < -0.3 is 9.47 Å². The number of pyridine rings is 1. The molecule has 72 valence electrons. The van der Waals surface area contributed by atoms with E-state index < -0.39 is 13.0 Å². The molecule has 0 N–H and O–H groups in total. The lowest BCUT2D eigenvalue weighted by molar-refractivity contribution is 0.0780. The van der Waals surface area contributed by atoms with E-state index in [4.69, 9.17) is 9.47 Å². The topological polar surface area (TPSA) is 31.4 Å². The van der Waals surface area contributed by atoms with E-state index in [1.807, 2.05) is 0 Å². The number of nitrogens with zero attached hydrogens (tertiary/aromatic N) is 1. The predicted octanol–water partition coefficient (Wildman–Crippen LogP) is 1.73. The van der Waals surface area contributed by atoms with E-state index in [9.17, 15) is 8.78 Å². The van der Waals surface area contributed by atoms with Crippen LogP contribution in [-0.2, 0) is 0 Å². The molecule has 0 saturated heterocycles. The van der Waals surface area contributed by atoms with Gasteiger partial charge in [-0.25, -0.2) is 13.8 Å². The molecule has 1 aromatic rings. The lowest BCUT2D eigenvalue weighted by atomic mass is 10.4. The van der Waals surface area contributed by atoms with Crippen molar-refractivity contribution in [3.8, 4) is 11.6 Å². The van der Waals surface area contributed by atoms with Gasteiger partial charge in [-0.1, -0.05) is 0 Å². The lowest BCUT2D eigenvalue weighted by Gasteiger charge is -2.07. The Morgan fingerprint density at radius 2 is 2.31 bits per heavy atom. The quantitative estimate of drug-likeness (QED) is 0.722. The van der Waals surface area contributed by atoms with Gasteiger partial charge in [-0.05, 0) is 12.1 Å². The van der Waals surface area contributed by atoms with Crippen LogP contribution in [0, 0.1) is 0 Å². The number of hydrogen-bond acceptors (Lipinski definition) is 3. The Kier molecular flexibility index (Phi) is 3.42. The van der Waals surface area contributed by atoms with Gasteiger partial charge in [0.15, 0.2) is 12.4 Å². The highest BCUT2D eigenvalue weighted by Crippen LogP contribution is 2.22. The molecule has 0 atom stereocenters. The van der Waals surface area contributed by atoms with E-state index in [0.29, 0.717) is 5.75 Å². The fourth-order valence-corrected chi connectivity index (χ4v) is 0.782. The van der Waals surface area contributed by atoms with Gasteiger partial charge in [0, 0.05) is 6.20 Å². The number of methoxy groups -OCH3 is 1. The fourth-order valence-electron chi connectivity index (χ4n) is 0.782. The number of ether oxygens (including phenoxy) is 2. The summed E-state index contributed by atoms with van der Waals surface area (Å²) in [6.07, 6.45) is -1.06. The van der Waals surface area contributed by atoms with Gasteiger partial charge in [-0.2, -0.15) is 0 Å². The molecule has 0 aromatic carbocycles. The van der Waals surface area contributed by atoms with Gasteiger partial charge >= 0.3 is 0 Å². The molecular weight excluding hydrogens is 180 g/mol. The molecule has 3 nitrogen and oxygen atoms in total. The molecule has 0 aliphatic carbocycles. The summed E-state index contributed by atoms with van der Waals surface area (Å²) in [5.41, 5.74) is 0. The zero-order chi connectivity index (χ0) is 9.68. The summed E-state index contributed by atoms with van der Waals surface area (Å²) in [4.78, 5) is 3.74. The highest BCUT2D eigenvalue weighted by atomic mass is 19.3. The van der Waals surface area contributed by atoms with Crippen LogP contribution in [0.15, 0.2) is 18.3 Å². The molecule has 0 amide bonds. The monoisotopic (exact) mass is 189 g/mol. The van der Waals surface area contributed by atoms with Gasteiger partial charge in [-0.3, -0.25) is 0 Å². The van der Waals surface area contributed by atoms with E-state index in [1.165, 1.54) is 13.3 Å². The molecule has 0 saturated carbocycles. The van der Waals surface area contributed by atoms with Crippen LogP contribution >= 0.6 is 0 Å². The van der Waals surface area contributed by atoms with Crippen molar-refractivity contribution in [3.05, 3.63) is 18.3 Å². The van der Waals surface area contributed by atoms with Crippen LogP contribution in [0.25, 0.3) is 0 Å². The van der Waals surface area contributed by atoms with Crippen molar-refractivity contribution in [3.63, 3.8) is 0 Å². The van der Waals surface area contributed by atoms with Crippen LogP contribution in [0.2, 0.25) is 0 Å². The number of halogens is 2. The first-order valence-electron chi connectivity index (χ1n) is 3.64. The van der Waals surface area contributed by atoms with Crippen molar-refractivity contribution in [2.45, 2.75) is 6.43 Å². The maximum atomic E-state index is 11.8. The van der Waals surface area contributed by atoms with E-state index >= 15 is 0 Å². The largest absolute Gasteiger partial charge is 0.491 e. The molecule has 0 fully saturated rings. The fraction of sp³-hybridized carbons (Fsp3) is 0.375. The summed E-state index contributed by atoms with van der Waals surface area (Å²) in [7, 11) is 1.42. The molecule has 13 heavy (non-hydrogen) atoms. The SMILES string of the molecule is COc1cccnc1OCC(F)F. The van der Waals surface area contributed by atoms with Gasteiger partial charge in [-0.15, -0.1) is 0 Å². The first-order chi connectivity index (χ1) is 6.24. The Morgan fingerprint density at radius 3 is 2.92 bits per heavy atom. The second kappa shape index (κ2) is 4.59. The Balaban J connectivity index is 2.64. The summed E-state index contributed by atoms with van der Waals surface area (Å²) in [6, 6.07) is 3.22. The van der Waals surface area contributed by atoms with E-state index in [1.54, 1.807) is 12.1 Å². The van der Waals surface area contributed by atoms with Crippen LogP contribution in [0.3, 0.4) is 0 Å². The molecule has 5 heteroatoms. The van der Waals surface area contributed by atoms with Crippen molar-refractivity contribution >= 4 is 0 Å². The molecule has 0 bridgehead atoms. The van der Waals surface area contributed by atoms with Crippen molar-refractivity contribution in [1.82, 2.24) is 4.98 Å². The van der Waals surface area contributed by atoms with Crippen molar-refractivity contribution in [1.29, 1.82) is 0 Å². The second-order valence-electron chi connectivity index (χ2n) is 2.21. The zero-order valence-electron chi connectivity index (χ0n) is 7.04. The third kappa shape index (κ3) is 2.85. The highest BCUT2D eigenvalue weighted by Gasteiger charge is 2.08. The van der Waals surface area contributed by atoms with Crippen LogP contribution in [-0.4, -0.2) is 25.1 Å². The van der Waals surface area contributed by atoms with Crippen molar-refractivity contribution < 1.29 is 18.3 Å². The van der Waals surface area contributed by atoms with E-state index in [2.05, 4.69) is 4.98 Å². The van der Waals surface area contributed by atoms with Crippen molar-refractivity contribution in [2.75, 3.05) is 13.7 Å². The number of aromatic nitrogens is 1. The maximum Gasteiger partial charge on any atom is 0.272 e. The third-order valence-electron chi connectivity index (χ3n) is 1.30. The third-order valence-corrected chi connectivity index (χ3v) is 1.30. The number of alkyl halides is 2. The van der Waals surface area contributed by atoms with Gasteiger partial charge in [0.05, 0.1) is 7.11 Å². The molecular formula is C8H9F2NO2. The Bertz CT molecular complexity index is 268. The maximum absolute atomic E-state index is 11.8. The summed E-state index contributed by atoms with van der Waals surface area (Å²) >= 11 is 0. The van der Waals surface area contributed by atoms with E-state index in [-0.39, 0.29) is 5.88 Å². The van der Waals surface area contributed by atoms with Crippen molar-refractivity contribution in [2.24, 2.45) is 0 Å². The highest BCUT2D eigenvalue weighted by molar-refractivity contribution is 5.32. The lowest BCUT2D eigenvalue weighted by Crippen LogP contribution is -2.08. The Hall–Kier alpha value is -1.39. The van der Waals surface area contributed by atoms with Crippen LogP contribution in [0.4, 0.5) is 8.78 Å². The number of hydrogen-bond donors (Lipinski definition) is 0. The van der Waals surface area contributed by atoms with Crippen LogP contribution in [0.1, 0.15) is 0 Å². The summed E-state index contributed by atoms with van der Waals surface area (Å²) in [6.45, 7) is -0.673. The first-order valence-corrected chi connectivity index (χ1v) is 3.64. The van der Waals surface area contributed by atoms with E-state index in [0.717, 1.165) is 0 Å². The van der Waals surface area contributed by atoms with Crippen LogP contribution in [0.5, 0.6) is 11.6 Å². The normalized spacial score (nSPS) is 10.2. The second-order valence-corrected chi connectivity index (χ2v) is 2.21. The van der Waals surface area contributed by atoms with Gasteiger partial charge in [0.1, 0.15) is 0 Å². The summed E-state index contributed by atoms with van der Waals surface area (Å²) in [5, 5.41) is 0. The zero-order valence-corrected chi connectivity index (χ0v) is 7.04. The number of rotatable bonds is 4. The summed E-state index contributed by atoms with van der Waals surface area (Å²) in [5.74, 6) is 0.438. The van der Waals surface area contributed by atoms with Crippen LogP contribution < -0.4 is 9.47 Å². The molecule has 0 unspecified atom stereocenters. The Morgan fingerprint density at radius 1 is 1.54 bits per heavy atom. The standard InChI is InChI=1S/C8H9F2NO2/c1-12-6-3-2-4-11-8(6)13-5-7(9)10/h2-4,7H,5H2,1H3. The molecule has 1 rings (SSSR count). The predicted molar refractivity (Wildman–Crippen MR) is 42.3 cm³/mol.